The predicted molar refractivity (Wildman–Crippen MR) is 170 cm³/mol. The molecular formula is C37H50O4. The molecule has 41 heavy (non-hydrogen) atoms. The molecule has 0 amide bonds. The Hall–Kier alpha value is -3.27. The second-order valence-electron chi connectivity index (χ2n) is 11.1. The Balaban J connectivity index is 1.39. The molecule has 3 rings (SSSR count). The monoisotopic (exact) mass is 558 g/mol. The number of unbranched alkanes of at least 4 members (excludes halogenated alkanes) is 10. The summed E-state index contributed by atoms with van der Waals surface area (Å²) in [6.07, 6.45) is 16.5. The molecule has 0 aliphatic carbocycles. The number of carbonyl (C=O) groups excluding carboxylic acids is 1. The van der Waals surface area contributed by atoms with E-state index in [1.165, 1.54) is 70.6 Å². The minimum absolute atomic E-state index is 0.169. The number of hydrogen-bond donors (Lipinski definition) is 0. The van der Waals surface area contributed by atoms with Gasteiger partial charge < -0.3 is 14.2 Å². The lowest BCUT2D eigenvalue weighted by Gasteiger charge is -2.15. The Morgan fingerprint density at radius 3 is 1.68 bits per heavy atom. The maximum atomic E-state index is 12.7. The summed E-state index contributed by atoms with van der Waals surface area (Å²) in [5.41, 5.74) is 2.64. The lowest BCUT2D eigenvalue weighted by molar-refractivity contribution is 0.0734. The van der Waals surface area contributed by atoms with Crippen molar-refractivity contribution in [1.29, 1.82) is 0 Å². The van der Waals surface area contributed by atoms with Crippen molar-refractivity contribution in [2.45, 2.75) is 110 Å². The van der Waals surface area contributed by atoms with Gasteiger partial charge in [-0.2, -0.15) is 0 Å². The molecule has 1 atom stereocenters. The molecule has 4 nitrogen and oxygen atoms in total. The van der Waals surface area contributed by atoms with Crippen molar-refractivity contribution in [3.63, 3.8) is 0 Å². The van der Waals surface area contributed by atoms with E-state index in [9.17, 15) is 4.79 Å². The standard InChI is InChI=1S/C37H50O4/c1-4-6-8-10-11-12-13-15-29-39-34-23-21-32(22-24-34)31-17-19-33(20-18-31)37(38)41-36-27-25-35(26-28-36)40-30(3)16-14-9-7-5-2/h17-28,30H,4-16,29H2,1-3H3/t30-/m1/s1. The molecule has 0 unspecified atom stereocenters. The van der Waals surface area contributed by atoms with Crippen molar-refractivity contribution in [3.8, 4) is 28.4 Å². The Labute approximate surface area is 248 Å². The fourth-order valence-corrected chi connectivity index (χ4v) is 4.87. The van der Waals surface area contributed by atoms with Crippen molar-refractivity contribution in [1.82, 2.24) is 0 Å². The van der Waals surface area contributed by atoms with Gasteiger partial charge in [0.1, 0.15) is 17.2 Å². The summed E-state index contributed by atoms with van der Waals surface area (Å²) < 4.78 is 17.5. The zero-order valence-electron chi connectivity index (χ0n) is 25.5. The SMILES string of the molecule is CCCCCCCCCCOc1ccc(-c2ccc(C(=O)Oc3ccc(O[C@H](C)CCCCCC)cc3)cc2)cc1. The zero-order chi connectivity index (χ0) is 29.1. The van der Waals surface area contributed by atoms with Gasteiger partial charge in [0.05, 0.1) is 18.3 Å². The summed E-state index contributed by atoms with van der Waals surface area (Å²) in [6, 6.07) is 23.0. The van der Waals surface area contributed by atoms with E-state index in [2.05, 4.69) is 32.9 Å². The molecule has 0 aromatic heterocycles. The van der Waals surface area contributed by atoms with Crippen LogP contribution in [0.15, 0.2) is 72.8 Å². The van der Waals surface area contributed by atoms with Crippen LogP contribution in [0.1, 0.15) is 115 Å². The lowest BCUT2D eigenvalue weighted by atomic mass is 10.0. The summed E-state index contributed by atoms with van der Waals surface area (Å²) in [5, 5.41) is 0. The quantitative estimate of drug-likeness (QED) is 0.0786. The maximum Gasteiger partial charge on any atom is 0.343 e. The highest BCUT2D eigenvalue weighted by Crippen LogP contribution is 2.25. The molecule has 0 heterocycles. The van der Waals surface area contributed by atoms with E-state index in [1.807, 2.05) is 48.5 Å². The van der Waals surface area contributed by atoms with Crippen LogP contribution < -0.4 is 14.2 Å². The fourth-order valence-electron chi connectivity index (χ4n) is 4.87. The molecule has 0 fully saturated rings. The average Bonchev–Trinajstić information content (AvgIpc) is 3.00. The minimum Gasteiger partial charge on any atom is -0.494 e. The van der Waals surface area contributed by atoms with Crippen LogP contribution in [-0.2, 0) is 0 Å². The number of esters is 1. The molecule has 0 radical (unpaired) electrons. The van der Waals surface area contributed by atoms with Gasteiger partial charge in [-0.1, -0.05) is 102 Å². The summed E-state index contributed by atoms with van der Waals surface area (Å²) >= 11 is 0. The van der Waals surface area contributed by atoms with E-state index in [0.29, 0.717) is 11.3 Å². The van der Waals surface area contributed by atoms with E-state index in [-0.39, 0.29) is 12.1 Å². The smallest absolute Gasteiger partial charge is 0.343 e. The maximum absolute atomic E-state index is 12.7. The van der Waals surface area contributed by atoms with Crippen LogP contribution >= 0.6 is 0 Å². The van der Waals surface area contributed by atoms with Crippen molar-refractivity contribution < 1.29 is 19.0 Å². The highest BCUT2D eigenvalue weighted by Gasteiger charge is 2.10. The van der Waals surface area contributed by atoms with Crippen LogP contribution in [0.2, 0.25) is 0 Å². The third-order valence-electron chi connectivity index (χ3n) is 7.41. The van der Waals surface area contributed by atoms with Crippen LogP contribution in [0.5, 0.6) is 17.2 Å². The van der Waals surface area contributed by atoms with Crippen LogP contribution in [0, 0.1) is 0 Å². The van der Waals surface area contributed by atoms with Gasteiger partial charge in [0.15, 0.2) is 0 Å². The first-order valence-corrected chi connectivity index (χ1v) is 15.9. The van der Waals surface area contributed by atoms with Gasteiger partial charge in [-0.05, 0) is 85.8 Å². The van der Waals surface area contributed by atoms with E-state index >= 15 is 0 Å². The van der Waals surface area contributed by atoms with Gasteiger partial charge in [-0.3, -0.25) is 0 Å². The summed E-state index contributed by atoms with van der Waals surface area (Å²) in [4.78, 5) is 12.7. The van der Waals surface area contributed by atoms with Crippen LogP contribution in [0.4, 0.5) is 0 Å². The normalized spacial score (nSPS) is 11.7. The first kappa shape index (κ1) is 32.2. The molecule has 4 heteroatoms. The van der Waals surface area contributed by atoms with E-state index in [4.69, 9.17) is 14.2 Å². The third-order valence-corrected chi connectivity index (χ3v) is 7.41. The molecule has 0 saturated heterocycles. The van der Waals surface area contributed by atoms with Gasteiger partial charge >= 0.3 is 5.97 Å². The topological polar surface area (TPSA) is 44.8 Å². The third kappa shape index (κ3) is 12.4. The molecule has 0 bridgehead atoms. The summed E-state index contributed by atoms with van der Waals surface area (Å²) in [7, 11) is 0. The van der Waals surface area contributed by atoms with Gasteiger partial charge in [0.25, 0.3) is 0 Å². The van der Waals surface area contributed by atoms with Gasteiger partial charge in [-0.15, -0.1) is 0 Å². The second-order valence-corrected chi connectivity index (χ2v) is 11.1. The first-order chi connectivity index (χ1) is 20.1. The molecule has 0 N–H and O–H groups in total. The molecule has 0 aliphatic heterocycles. The van der Waals surface area contributed by atoms with Crippen LogP contribution in [0.3, 0.4) is 0 Å². The molecule has 0 aliphatic rings. The highest BCUT2D eigenvalue weighted by atomic mass is 16.5. The number of ether oxygens (including phenoxy) is 3. The van der Waals surface area contributed by atoms with Crippen LogP contribution in [-0.4, -0.2) is 18.7 Å². The van der Waals surface area contributed by atoms with Gasteiger partial charge in [0, 0.05) is 0 Å². The summed E-state index contributed by atoms with van der Waals surface area (Å²) in [6.45, 7) is 7.34. The molecule has 3 aromatic rings. The lowest BCUT2D eigenvalue weighted by Crippen LogP contribution is -2.11. The van der Waals surface area contributed by atoms with E-state index < -0.39 is 0 Å². The van der Waals surface area contributed by atoms with Gasteiger partial charge in [-0.25, -0.2) is 4.79 Å². The van der Waals surface area contributed by atoms with Crippen LogP contribution in [0.25, 0.3) is 11.1 Å². The number of rotatable bonds is 20. The molecule has 0 spiro atoms. The van der Waals surface area contributed by atoms with Gasteiger partial charge in [0.2, 0.25) is 0 Å². The second kappa shape index (κ2) is 19.0. The minimum atomic E-state index is -0.376. The van der Waals surface area contributed by atoms with Crippen molar-refractivity contribution in [2.75, 3.05) is 6.61 Å². The Kier molecular flexibility index (Phi) is 14.9. The fraction of sp³-hybridized carbons (Fsp3) is 0.486. The van der Waals surface area contributed by atoms with E-state index in [0.717, 1.165) is 42.1 Å². The highest BCUT2D eigenvalue weighted by molar-refractivity contribution is 5.91. The Morgan fingerprint density at radius 1 is 0.585 bits per heavy atom. The first-order valence-electron chi connectivity index (χ1n) is 15.9. The molecular weight excluding hydrogens is 508 g/mol. The Bertz CT molecular complexity index is 1100. The molecule has 3 aromatic carbocycles. The number of benzene rings is 3. The average molecular weight is 559 g/mol. The van der Waals surface area contributed by atoms with Crippen molar-refractivity contribution in [3.05, 3.63) is 78.4 Å². The zero-order valence-corrected chi connectivity index (χ0v) is 25.5. The summed E-state index contributed by atoms with van der Waals surface area (Å²) in [5.74, 6) is 1.82. The molecule has 222 valence electrons. The molecule has 0 saturated carbocycles. The Morgan fingerprint density at radius 2 is 1.07 bits per heavy atom. The largest absolute Gasteiger partial charge is 0.494 e. The number of carbonyl (C=O) groups is 1. The van der Waals surface area contributed by atoms with E-state index in [1.54, 1.807) is 12.1 Å². The van der Waals surface area contributed by atoms with Crippen molar-refractivity contribution in [2.24, 2.45) is 0 Å². The number of hydrogen-bond acceptors (Lipinski definition) is 4. The van der Waals surface area contributed by atoms with Crippen molar-refractivity contribution >= 4 is 5.97 Å². The predicted octanol–water partition coefficient (Wildman–Crippen LogP) is 10.8.